The summed E-state index contributed by atoms with van der Waals surface area (Å²) in [5, 5.41) is 3.07. The van der Waals surface area contributed by atoms with Gasteiger partial charge in [-0.05, 0) is 38.2 Å². The number of esters is 1. The first-order valence-electron chi connectivity index (χ1n) is 8.52. The third kappa shape index (κ3) is 8.04. The number of hydrogen-bond acceptors (Lipinski definition) is 4. The quantitative estimate of drug-likeness (QED) is 0.204. The highest BCUT2D eigenvalue weighted by Gasteiger charge is 2.18. The summed E-state index contributed by atoms with van der Waals surface area (Å²) in [5.41, 5.74) is 7.79. The van der Waals surface area contributed by atoms with Crippen molar-refractivity contribution in [2.24, 2.45) is 10.7 Å². The van der Waals surface area contributed by atoms with Gasteiger partial charge < -0.3 is 20.5 Å². The van der Waals surface area contributed by atoms with Crippen molar-refractivity contribution in [3.05, 3.63) is 29.8 Å². The summed E-state index contributed by atoms with van der Waals surface area (Å²) in [5.74, 6) is 0.205. The van der Waals surface area contributed by atoms with Crippen LogP contribution in [0.5, 0.6) is 0 Å². The number of benzene rings is 1. The van der Waals surface area contributed by atoms with E-state index in [1.807, 2.05) is 24.3 Å². The van der Waals surface area contributed by atoms with Gasteiger partial charge in [-0.1, -0.05) is 18.2 Å². The molecule has 1 aliphatic carbocycles. The Kier molecular flexibility index (Phi) is 10.5. The molecule has 3 N–H and O–H groups in total. The number of carbonyl (C=O) groups is 1. The predicted molar refractivity (Wildman–Crippen MR) is 110 cm³/mol. The number of nitrogens with one attached hydrogen (secondary N) is 1. The molecular weight excluding hydrogens is 433 g/mol. The van der Waals surface area contributed by atoms with Gasteiger partial charge in [0.15, 0.2) is 5.96 Å². The van der Waals surface area contributed by atoms with Gasteiger partial charge in [0.2, 0.25) is 0 Å². The maximum Gasteiger partial charge on any atom is 0.306 e. The number of ether oxygens (including phenoxy) is 2. The van der Waals surface area contributed by atoms with Crippen LogP contribution in [0.1, 0.15) is 44.1 Å². The molecular formula is C18H28IN3O3. The van der Waals surface area contributed by atoms with Crippen molar-refractivity contribution in [1.82, 2.24) is 0 Å². The molecule has 1 aromatic rings. The number of hydrogen-bond donors (Lipinski definition) is 2. The third-order valence-corrected chi connectivity index (χ3v) is 4.00. The molecule has 0 saturated heterocycles. The minimum Gasteiger partial charge on any atom is -0.462 e. The second kappa shape index (κ2) is 12.1. The Labute approximate surface area is 166 Å². The first-order chi connectivity index (χ1) is 11.7. The Morgan fingerprint density at radius 1 is 1.32 bits per heavy atom. The zero-order valence-electron chi connectivity index (χ0n) is 14.7. The highest BCUT2D eigenvalue weighted by atomic mass is 127. The summed E-state index contributed by atoms with van der Waals surface area (Å²) in [6, 6.07) is 7.77. The molecule has 25 heavy (non-hydrogen) atoms. The topological polar surface area (TPSA) is 85.9 Å². The van der Waals surface area contributed by atoms with E-state index in [2.05, 4.69) is 10.3 Å². The number of para-hydroxylation sites is 1. The summed E-state index contributed by atoms with van der Waals surface area (Å²) in [6.07, 6.45) is 5.47. The van der Waals surface area contributed by atoms with Gasteiger partial charge in [-0.25, -0.2) is 0 Å². The number of halogens is 1. The molecule has 0 amide bonds. The van der Waals surface area contributed by atoms with Crippen LogP contribution in [0.25, 0.3) is 0 Å². The molecule has 1 aromatic carbocycles. The van der Waals surface area contributed by atoms with Crippen molar-refractivity contribution in [2.45, 2.75) is 51.2 Å². The monoisotopic (exact) mass is 461 g/mol. The first kappa shape index (κ1) is 21.7. The molecule has 0 aromatic heterocycles. The molecule has 0 aliphatic heterocycles. The molecule has 140 valence electrons. The highest BCUT2D eigenvalue weighted by molar-refractivity contribution is 14.0. The Bertz CT molecular complexity index is 560. The summed E-state index contributed by atoms with van der Waals surface area (Å²) in [4.78, 5) is 16.0. The maximum absolute atomic E-state index is 11.7. The van der Waals surface area contributed by atoms with Crippen molar-refractivity contribution in [1.29, 1.82) is 0 Å². The van der Waals surface area contributed by atoms with E-state index in [1.54, 1.807) is 7.11 Å². The van der Waals surface area contributed by atoms with Gasteiger partial charge in [0.25, 0.3) is 0 Å². The molecule has 0 heterocycles. The van der Waals surface area contributed by atoms with Crippen LogP contribution in [-0.4, -0.2) is 31.7 Å². The van der Waals surface area contributed by atoms with E-state index in [4.69, 9.17) is 15.2 Å². The van der Waals surface area contributed by atoms with Crippen molar-refractivity contribution in [3.63, 3.8) is 0 Å². The normalized spacial score (nSPS) is 14.8. The van der Waals surface area contributed by atoms with Crippen LogP contribution >= 0.6 is 24.0 Å². The van der Waals surface area contributed by atoms with Crippen LogP contribution in [0, 0.1) is 0 Å². The summed E-state index contributed by atoms with van der Waals surface area (Å²) in [6.45, 7) is 0.995. The van der Waals surface area contributed by atoms with Crippen molar-refractivity contribution >= 4 is 41.6 Å². The number of carbonyl (C=O) groups excluding carboxylic acids is 1. The lowest BCUT2D eigenvalue weighted by atomic mass is 10.2. The molecule has 6 nitrogen and oxygen atoms in total. The fourth-order valence-electron chi connectivity index (χ4n) is 2.78. The lowest BCUT2D eigenvalue weighted by molar-refractivity contribution is -0.148. The number of guanidine groups is 1. The van der Waals surface area contributed by atoms with Crippen molar-refractivity contribution < 1.29 is 14.3 Å². The van der Waals surface area contributed by atoms with E-state index in [1.165, 1.54) is 0 Å². The van der Waals surface area contributed by atoms with Gasteiger partial charge >= 0.3 is 5.97 Å². The molecule has 0 bridgehead atoms. The van der Waals surface area contributed by atoms with Gasteiger partial charge in [-0.2, -0.15) is 0 Å². The minimum atomic E-state index is -0.130. The van der Waals surface area contributed by atoms with Gasteiger partial charge in [0, 0.05) is 31.3 Å². The number of aliphatic imine (C=N–C) groups is 1. The molecule has 2 rings (SSSR count). The largest absolute Gasteiger partial charge is 0.462 e. The van der Waals surface area contributed by atoms with Crippen molar-refractivity contribution in [3.8, 4) is 0 Å². The minimum absolute atomic E-state index is 0. The summed E-state index contributed by atoms with van der Waals surface area (Å²) >= 11 is 0. The predicted octanol–water partition coefficient (Wildman–Crippen LogP) is 3.44. The number of rotatable bonds is 8. The van der Waals surface area contributed by atoms with Crippen LogP contribution in [0.15, 0.2) is 29.3 Å². The Morgan fingerprint density at radius 3 is 2.76 bits per heavy atom. The van der Waals surface area contributed by atoms with Crippen LogP contribution in [-0.2, 0) is 20.9 Å². The van der Waals surface area contributed by atoms with E-state index in [0.717, 1.165) is 36.9 Å². The van der Waals surface area contributed by atoms with E-state index in [9.17, 15) is 4.79 Å². The standard InChI is InChI=1S/C18H27N3O3.HI/c1-23-13-14-7-2-5-10-16(14)21-18(19)20-12-6-11-17(22)24-15-8-3-4-9-15;/h2,5,7,10,15H,3-4,6,8-9,11-13H2,1H3,(H3,19,20,21);1H. The average Bonchev–Trinajstić information content (AvgIpc) is 3.06. The Hall–Kier alpha value is -1.35. The fourth-order valence-corrected chi connectivity index (χ4v) is 2.78. The molecule has 1 fully saturated rings. The van der Waals surface area contributed by atoms with Crippen LogP contribution in [0.4, 0.5) is 5.69 Å². The smallest absolute Gasteiger partial charge is 0.306 e. The molecule has 1 saturated carbocycles. The molecule has 0 atom stereocenters. The van der Waals surface area contributed by atoms with Gasteiger partial charge in [-0.3, -0.25) is 9.79 Å². The van der Waals surface area contributed by atoms with Gasteiger partial charge in [-0.15, -0.1) is 24.0 Å². The molecule has 0 spiro atoms. The highest BCUT2D eigenvalue weighted by Crippen LogP contribution is 2.21. The van der Waals surface area contributed by atoms with Crippen molar-refractivity contribution in [2.75, 3.05) is 19.0 Å². The van der Waals surface area contributed by atoms with E-state index >= 15 is 0 Å². The van der Waals surface area contributed by atoms with Gasteiger partial charge in [0.05, 0.1) is 6.61 Å². The van der Waals surface area contributed by atoms with Crippen LogP contribution in [0.3, 0.4) is 0 Å². The lowest BCUT2D eigenvalue weighted by Gasteiger charge is -2.11. The van der Waals surface area contributed by atoms with E-state index in [-0.39, 0.29) is 36.0 Å². The average molecular weight is 461 g/mol. The number of nitrogens with zero attached hydrogens (tertiary/aromatic N) is 1. The maximum atomic E-state index is 11.7. The molecule has 7 heteroatoms. The zero-order chi connectivity index (χ0) is 17.2. The second-order valence-corrected chi connectivity index (χ2v) is 5.98. The molecule has 0 unspecified atom stereocenters. The van der Waals surface area contributed by atoms with Gasteiger partial charge in [0.1, 0.15) is 6.10 Å². The Balaban J connectivity index is 0.00000312. The third-order valence-electron chi connectivity index (χ3n) is 4.00. The van der Waals surface area contributed by atoms with E-state index < -0.39 is 0 Å². The van der Waals surface area contributed by atoms with Crippen LogP contribution in [0.2, 0.25) is 0 Å². The molecule has 0 radical (unpaired) electrons. The van der Waals surface area contributed by atoms with E-state index in [0.29, 0.717) is 32.0 Å². The second-order valence-electron chi connectivity index (χ2n) is 5.98. The SMILES string of the molecule is COCc1ccccc1NC(N)=NCCCC(=O)OC1CCCC1.I. The molecule has 1 aliphatic rings. The number of methoxy groups -OCH3 is 1. The summed E-state index contributed by atoms with van der Waals surface area (Å²) in [7, 11) is 1.65. The van der Waals surface area contributed by atoms with Crippen LogP contribution < -0.4 is 11.1 Å². The summed E-state index contributed by atoms with van der Waals surface area (Å²) < 4.78 is 10.6. The number of anilines is 1. The number of nitrogens with two attached hydrogens (primary N) is 1. The Morgan fingerprint density at radius 2 is 2.04 bits per heavy atom. The first-order valence-corrected chi connectivity index (χ1v) is 8.52. The lowest BCUT2D eigenvalue weighted by Crippen LogP contribution is -2.23. The fraction of sp³-hybridized carbons (Fsp3) is 0.556. The zero-order valence-corrected chi connectivity index (χ0v) is 17.0.